The number of morpholine rings is 1. The van der Waals surface area contributed by atoms with Gasteiger partial charge in [-0.05, 0) is 38.4 Å². The minimum atomic E-state index is 0.0478. The van der Waals surface area contributed by atoms with E-state index >= 15 is 0 Å². The Labute approximate surface area is 159 Å². The van der Waals surface area contributed by atoms with Gasteiger partial charge < -0.3 is 14.6 Å². The van der Waals surface area contributed by atoms with Crippen molar-refractivity contribution < 1.29 is 9.53 Å². The van der Waals surface area contributed by atoms with Crippen LogP contribution in [0.4, 0.5) is 0 Å². The topological polar surface area (TPSA) is 65.6 Å². The lowest BCUT2D eigenvalue weighted by Gasteiger charge is -2.36. The maximum atomic E-state index is 12.8. The molecular weight excluding hydrogens is 342 g/mol. The Bertz CT molecular complexity index is 886. The summed E-state index contributed by atoms with van der Waals surface area (Å²) in [4.78, 5) is 32.9. The number of nitrogens with zero attached hydrogens (tertiary/aromatic N) is 2. The Hall–Kier alpha value is -2.18. The molecule has 27 heavy (non-hydrogen) atoms. The number of H-pyrrole nitrogens is 1. The SMILES string of the molecule is Cc1ccc2[nH]c(CN3CCC[C@H](C(=O)N4CCOCC4)C3)cc(=O)c2c1. The molecule has 3 heterocycles. The van der Waals surface area contributed by atoms with Gasteiger partial charge in [-0.2, -0.15) is 0 Å². The number of aromatic nitrogens is 1. The van der Waals surface area contributed by atoms with E-state index < -0.39 is 0 Å². The summed E-state index contributed by atoms with van der Waals surface area (Å²) in [5, 5.41) is 0.734. The largest absolute Gasteiger partial charge is 0.378 e. The summed E-state index contributed by atoms with van der Waals surface area (Å²) in [6.07, 6.45) is 1.96. The Balaban J connectivity index is 1.46. The van der Waals surface area contributed by atoms with E-state index in [1.807, 2.05) is 30.0 Å². The van der Waals surface area contributed by atoms with Gasteiger partial charge in [0.25, 0.3) is 0 Å². The lowest BCUT2D eigenvalue weighted by molar-refractivity contribution is -0.141. The standard InChI is InChI=1S/C21H27N3O3/c1-15-4-5-19-18(11-15)20(25)12-17(22-19)14-23-6-2-3-16(13-23)21(26)24-7-9-27-10-8-24/h4-5,11-12,16H,2-3,6-10,13-14H2,1H3,(H,22,25)/t16-/m0/s1. The van der Waals surface area contributed by atoms with E-state index in [2.05, 4.69) is 9.88 Å². The van der Waals surface area contributed by atoms with Crippen LogP contribution in [-0.4, -0.2) is 60.1 Å². The molecule has 2 aliphatic heterocycles. The highest BCUT2D eigenvalue weighted by Gasteiger charge is 2.30. The number of benzene rings is 1. The van der Waals surface area contributed by atoms with Crippen molar-refractivity contribution in [1.29, 1.82) is 0 Å². The summed E-state index contributed by atoms with van der Waals surface area (Å²) in [6.45, 7) is 7.06. The molecule has 2 fully saturated rings. The van der Waals surface area contributed by atoms with E-state index in [-0.39, 0.29) is 17.3 Å². The van der Waals surface area contributed by atoms with Crippen LogP contribution in [0.15, 0.2) is 29.1 Å². The lowest BCUT2D eigenvalue weighted by atomic mass is 9.96. The van der Waals surface area contributed by atoms with Gasteiger partial charge in [0, 0.05) is 48.8 Å². The van der Waals surface area contributed by atoms with Crippen LogP contribution in [0.25, 0.3) is 10.9 Å². The fourth-order valence-electron chi connectivity index (χ4n) is 4.18. The molecule has 2 saturated heterocycles. The monoisotopic (exact) mass is 369 g/mol. The van der Waals surface area contributed by atoms with Gasteiger partial charge in [0.05, 0.1) is 19.1 Å². The number of carbonyl (C=O) groups is 1. The summed E-state index contributed by atoms with van der Waals surface area (Å²) in [5.74, 6) is 0.303. The molecule has 2 aliphatic rings. The quantitative estimate of drug-likeness (QED) is 0.898. The van der Waals surface area contributed by atoms with Gasteiger partial charge in [-0.1, -0.05) is 11.6 Å². The molecule has 4 rings (SSSR count). The molecule has 1 aromatic heterocycles. The lowest BCUT2D eigenvalue weighted by Crippen LogP contribution is -2.48. The number of pyridine rings is 1. The molecule has 0 saturated carbocycles. The Morgan fingerprint density at radius 2 is 2.04 bits per heavy atom. The van der Waals surface area contributed by atoms with E-state index in [0.29, 0.717) is 32.8 Å². The van der Waals surface area contributed by atoms with Gasteiger partial charge in [-0.3, -0.25) is 14.5 Å². The molecule has 1 aromatic carbocycles. The van der Waals surface area contributed by atoms with E-state index in [0.717, 1.165) is 48.1 Å². The van der Waals surface area contributed by atoms with Gasteiger partial charge in [0.1, 0.15) is 0 Å². The summed E-state index contributed by atoms with van der Waals surface area (Å²) in [5.41, 5.74) is 2.93. The predicted molar refractivity (Wildman–Crippen MR) is 105 cm³/mol. The predicted octanol–water partition coefficient (Wildman–Crippen LogP) is 1.91. The van der Waals surface area contributed by atoms with E-state index in [1.54, 1.807) is 6.07 Å². The van der Waals surface area contributed by atoms with Crippen LogP contribution in [0.2, 0.25) is 0 Å². The summed E-state index contributed by atoms with van der Waals surface area (Å²) in [6, 6.07) is 7.61. The van der Waals surface area contributed by atoms with Crippen LogP contribution in [0.3, 0.4) is 0 Å². The second kappa shape index (κ2) is 7.82. The third-order valence-corrected chi connectivity index (χ3v) is 5.61. The number of ether oxygens (including phenoxy) is 1. The number of rotatable bonds is 3. The molecule has 0 bridgehead atoms. The van der Waals surface area contributed by atoms with Gasteiger partial charge >= 0.3 is 0 Å². The minimum Gasteiger partial charge on any atom is -0.378 e. The number of fused-ring (bicyclic) bond motifs is 1. The van der Waals surface area contributed by atoms with Crippen LogP contribution < -0.4 is 5.43 Å². The number of hydrogen-bond donors (Lipinski definition) is 1. The molecule has 144 valence electrons. The summed E-state index contributed by atoms with van der Waals surface area (Å²) < 4.78 is 5.35. The van der Waals surface area contributed by atoms with Crippen molar-refractivity contribution in [3.05, 3.63) is 45.7 Å². The van der Waals surface area contributed by atoms with Crippen molar-refractivity contribution in [2.24, 2.45) is 5.92 Å². The molecule has 6 heteroatoms. The molecule has 0 aliphatic carbocycles. The van der Waals surface area contributed by atoms with Crippen LogP contribution in [0.5, 0.6) is 0 Å². The Morgan fingerprint density at radius 1 is 1.22 bits per heavy atom. The van der Waals surface area contributed by atoms with Gasteiger partial charge in [-0.25, -0.2) is 0 Å². The van der Waals surface area contributed by atoms with Crippen LogP contribution in [0.1, 0.15) is 24.1 Å². The first-order valence-electron chi connectivity index (χ1n) is 9.81. The normalized spacial score (nSPS) is 21.5. The van der Waals surface area contributed by atoms with Gasteiger partial charge in [0.2, 0.25) is 5.91 Å². The van der Waals surface area contributed by atoms with Crippen LogP contribution >= 0.6 is 0 Å². The van der Waals surface area contributed by atoms with E-state index in [1.165, 1.54) is 0 Å². The van der Waals surface area contributed by atoms with Crippen molar-refractivity contribution in [3.63, 3.8) is 0 Å². The van der Waals surface area contributed by atoms with Gasteiger partial charge in [-0.15, -0.1) is 0 Å². The molecule has 2 aromatic rings. The fraction of sp³-hybridized carbons (Fsp3) is 0.524. The molecule has 6 nitrogen and oxygen atoms in total. The Kier molecular flexibility index (Phi) is 5.27. The zero-order valence-electron chi connectivity index (χ0n) is 15.9. The highest BCUT2D eigenvalue weighted by atomic mass is 16.5. The third-order valence-electron chi connectivity index (χ3n) is 5.61. The number of piperidine rings is 1. The van der Waals surface area contributed by atoms with Crippen molar-refractivity contribution in [2.75, 3.05) is 39.4 Å². The zero-order chi connectivity index (χ0) is 18.8. The molecule has 0 unspecified atom stereocenters. The second-order valence-corrected chi connectivity index (χ2v) is 7.72. The zero-order valence-corrected chi connectivity index (χ0v) is 15.9. The maximum absolute atomic E-state index is 12.8. The maximum Gasteiger partial charge on any atom is 0.227 e. The first-order valence-corrected chi connectivity index (χ1v) is 9.81. The van der Waals surface area contributed by atoms with Crippen LogP contribution in [-0.2, 0) is 16.1 Å². The van der Waals surface area contributed by atoms with Crippen molar-refractivity contribution in [1.82, 2.24) is 14.8 Å². The number of aromatic amines is 1. The van der Waals surface area contributed by atoms with Gasteiger partial charge in [0.15, 0.2) is 5.43 Å². The number of amides is 1. The fourth-order valence-corrected chi connectivity index (χ4v) is 4.18. The highest BCUT2D eigenvalue weighted by Crippen LogP contribution is 2.21. The number of likely N-dealkylation sites (tertiary alicyclic amines) is 1. The number of carbonyl (C=O) groups excluding carboxylic acids is 1. The van der Waals surface area contributed by atoms with Crippen LogP contribution in [0, 0.1) is 12.8 Å². The number of hydrogen-bond acceptors (Lipinski definition) is 4. The molecule has 1 N–H and O–H groups in total. The van der Waals surface area contributed by atoms with Crippen molar-refractivity contribution in [2.45, 2.75) is 26.3 Å². The molecule has 0 radical (unpaired) electrons. The number of aryl methyl sites for hydroxylation is 1. The molecule has 1 amide bonds. The Morgan fingerprint density at radius 3 is 2.85 bits per heavy atom. The second-order valence-electron chi connectivity index (χ2n) is 7.72. The summed E-state index contributed by atoms with van der Waals surface area (Å²) in [7, 11) is 0. The van der Waals surface area contributed by atoms with Crippen molar-refractivity contribution in [3.8, 4) is 0 Å². The number of nitrogens with one attached hydrogen (secondary N) is 1. The van der Waals surface area contributed by atoms with Crippen molar-refractivity contribution >= 4 is 16.8 Å². The average molecular weight is 369 g/mol. The first-order chi connectivity index (χ1) is 13.1. The molecule has 0 spiro atoms. The summed E-state index contributed by atoms with van der Waals surface area (Å²) >= 11 is 0. The van der Waals surface area contributed by atoms with E-state index in [9.17, 15) is 9.59 Å². The molecule has 1 atom stereocenters. The highest BCUT2D eigenvalue weighted by molar-refractivity contribution is 5.80. The van der Waals surface area contributed by atoms with E-state index in [4.69, 9.17) is 4.74 Å². The smallest absolute Gasteiger partial charge is 0.227 e. The average Bonchev–Trinajstić information content (AvgIpc) is 2.69. The third kappa shape index (κ3) is 4.06. The first kappa shape index (κ1) is 18.2. The molecular formula is C21H27N3O3. The minimum absolute atomic E-state index is 0.0478.